The number of likely N-dealkylation sites (tertiary alicyclic amines) is 1. The molecular weight excluding hydrogens is 238 g/mol. The van der Waals surface area contributed by atoms with Crippen LogP contribution in [0.5, 0.6) is 0 Å². The predicted octanol–water partition coefficient (Wildman–Crippen LogP) is 0.950. The highest BCUT2D eigenvalue weighted by Crippen LogP contribution is 2.26. The summed E-state index contributed by atoms with van der Waals surface area (Å²) in [5, 5.41) is 21.2. The standard InChI is InChI=1S/C15H21N3O/c16-6-8-18-11-14(13-4-2-1-3-5-13)10-15(12-18)17-7-9-19/h1-5,14-15,17,19H,7-12H2. The molecule has 0 aromatic heterocycles. The van der Waals surface area contributed by atoms with Crippen LogP contribution in [0, 0.1) is 11.3 Å². The van der Waals surface area contributed by atoms with Gasteiger partial charge in [0.25, 0.3) is 0 Å². The second kappa shape index (κ2) is 7.25. The Morgan fingerprint density at radius 2 is 2.11 bits per heavy atom. The summed E-state index contributed by atoms with van der Waals surface area (Å²) in [4.78, 5) is 2.19. The number of piperidine rings is 1. The lowest BCUT2D eigenvalue weighted by Gasteiger charge is -2.37. The highest BCUT2D eigenvalue weighted by atomic mass is 16.3. The van der Waals surface area contributed by atoms with Gasteiger partial charge in [-0.2, -0.15) is 5.26 Å². The van der Waals surface area contributed by atoms with Crippen LogP contribution in [0.4, 0.5) is 0 Å². The minimum atomic E-state index is 0.157. The average Bonchev–Trinajstić information content (AvgIpc) is 2.46. The molecule has 1 aliphatic heterocycles. The molecule has 19 heavy (non-hydrogen) atoms. The number of nitrogens with zero attached hydrogens (tertiary/aromatic N) is 2. The zero-order valence-corrected chi connectivity index (χ0v) is 11.1. The normalized spacial score (nSPS) is 24.0. The van der Waals surface area contributed by atoms with Crippen molar-refractivity contribution in [2.45, 2.75) is 18.4 Å². The van der Waals surface area contributed by atoms with Crippen LogP contribution in [-0.2, 0) is 0 Å². The maximum absolute atomic E-state index is 8.92. The van der Waals surface area contributed by atoms with Gasteiger partial charge in [-0.15, -0.1) is 0 Å². The summed E-state index contributed by atoms with van der Waals surface area (Å²) in [5.74, 6) is 0.458. The van der Waals surface area contributed by atoms with Gasteiger partial charge in [-0.25, -0.2) is 0 Å². The largest absolute Gasteiger partial charge is 0.395 e. The summed E-state index contributed by atoms with van der Waals surface area (Å²) in [7, 11) is 0. The first-order valence-electron chi connectivity index (χ1n) is 6.82. The van der Waals surface area contributed by atoms with Gasteiger partial charge in [0, 0.05) is 25.7 Å². The van der Waals surface area contributed by atoms with E-state index in [0.29, 0.717) is 25.0 Å². The van der Waals surface area contributed by atoms with Crippen LogP contribution >= 0.6 is 0 Å². The Labute approximate surface area is 114 Å². The van der Waals surface area contributed by atoms with Gasteiger partial charge in [0.05, 0.1) is 19.2 Å². The van der Waals surface area contributed by atoms with Crippen molar-refractivity contribution in [2.75, 3.05) is 32.8 Å². The van der Waals surface area contributed by atoms with Crippen molar-refractivity contribution in [2.24, 2.45) is 0 Å². The molecule has 1 aromatic carbocycles. The Bertz CT molecular complexity index is 415. The molecule has 2 rings (SSSR count). The number of aliphatic hydroxyl groups is 1. The smallest absolute Gasteiger partial charge is 0.0866 e. The van der Waals surface area contributed by atoms with Gasteiger partial charge in [0.2, 0.25) is 0 Å². The zero-order chi connectivity index (χ0) is 13.5. The number of hydrogen-bond donors (Lipinski definition) is 2. The lowest BCUT2D eigenvalue weighted by molar-refractivity contribution is 0.181. The van der Waals surface area contributed by atoms with Crippen molar-refractivity contribution in [3.8, 4) is 6.07 Å². The second-order valence-electron chi connectivity index (χ2n) is 5.07. The van der Waals surface area contributed by atoms with Crippen molar-refractivity contribution in [1.29, 1.82) is 5.26 Å². The first-order chi connectivity index (χ1) is 9.33. The quantitative estimate of drug-likeness (QED) is 0.773. The maximum Gasteiger partial charge on any atom is 0.0866 e. The Morgan fingerprint density at radius 3 is 2.79 bits per heavy atom. The fraction of sp³-hybridized carbons (Fsp3) is 0.533. The SMILES string of the molecule is N#CCN1CC(NCCO)CC(c2ccccc2)C1. The first kappa shape index (κ1) is 14.0. The molecule has 1 fully saturated rings. The molecule has 1 saturated heterocycles. The first-order valence-corrected chi connectivity index (χ1v) is 6.82. The summed E-state index contributed by atoms with van der Waals surface area (Å²) in [6, 6.07) is 13.1. The van der Waals surface area contributed by atoms with E-state index in [0.717, 1.165) is 19.5 Å². The number of aliphatic hydroxyl groups excluding tert-OH is 1. The third kappa shape index (κ3) is 4.03. The van der Waals surface area contributed by atoms with E-state index in [1.807, 2.05) is 6.07 Å². The van der Waals surface area contributed by atoms with Gasteiger partial charge in [-0.05, 0) is 17.9 Å². The molecule has 0 bridgehead atoms. The van der Waals surface area contributed by atoms with Crippen LogP contribution in [0.25, 0.3) is 0 Å². The minimum absolute atomic E-state index is 0.157. The van der Waals surface area contributed by atoms with Crippen LogP contribution < -0.4 is 5.32 Å². The van der Waals surface area contributed by atoms with E-state index in [2.05, 4.69) is 40.6 Å². The molecule has 2 unspecified atom stereocenters. The summed E-state index contributed by atoms with van der Waals surface area (Å²) < 4.78 is 0. The fourth-order valence-electron chi connectivity index (χ4n) is 2.80. The maximum atomic E-state index is 8.92. The van der Waals surface area contributed by atoms with Crippen molar-refractivity contribution in [3.05, 3.63) is 35.9 Å². The Balaban J connectivity index is 2.04. The number of nitriles is 1. The van der Waals surface area contributed by atoms with Crippen molar-refractivity contribution in [3.63, 3.8) is 0 Å². The third-order valence-corrected chi connectivity index (χ3v) is 3.64. The molecule has 4 nitrogen and oxygen atoms in total. The molecule has 2 atom stereocenters. The molecular formula is C15H21N3O. The molecule has 0 aliphatic carbocycles. The van der Waals surface area contributed by atoms with Gasteiger partial charge in [0.1, 0.15) is 0 Å². The Hall–Kier alpha value is -1.41. The molecule has 1 aliphatic rings. The number of rotatable bonds is 5. The Morgan fingerprint density at radius 1 is 1.32 bits per heavy atom. The van der Waals surface area contributed by atoms with Crippen molar-refractivity contribution < 1.29 is 5.11 Å². The van der Waals surface area contributed by atoms with E-state index in [4.69, 9.17) is 10.4 Å². The third-order valence-electron chi connectivity index (χ3n) is 3.64. The molecule has 0 spiro atoms. The number of benzene rings is 1. The summed E-state index contributed by atoms with van der Waals surface area (Å²) in [5.41, 5.74) is 1.33. The average molecular weight is 259 g/mol. The second-order valence-corrected chi connectivity index (χ2v) is 5.07. The van der Waals surface area contributed by atoms with E-state index in [9.17, 15) is 0 Å². The van der Waals surface area contributed by atoms with Gasteiger partial charge >= 0.3 is 0 Å². The number of nitrogens with one attached hydrogen (secondary N) is 1. The van der Waals surface area contributed by atoms with E-state index in [1.165, 1.54) is 5.56 Å². The molecule has 0 saturated carbocycles. The fourth-order valence-corrected chi connectivity index (χ4v) is 2.80. The van der Waals surface area contributed by atoms with Gasteiger partial charge in [0.15, 0.2) is 0 Å². The topological polar surface area (TPSA) is 59.3 Å². The van der Waals surface area contributed by atoms with Crippen LogP contribution in [0.2, 0.25) is 0 Å². The van der Waals surface area contributed by atoms with Gasteiger partial charge < -0.3 is 10.4 Å². The molecule has 2 N–H and O–H groups in total. The van der Waals surface area contributed by atoms with Crippen LogP contribution in [0.3, 0.4) is 0 Å². The van der Waals surface area contributed by atoms with Crippen LogP contribution in [0.1, 0.15) is 17.9 Å². The molecule has 0 radical (unpaired) electrons. The number of hydrogen-bond acceptors (Lipinski definition) is 4. The van der Waals surface area contributed by atoms with Gasteiger partial charge in [-0.3, -0.25) is 4.90 Å². The van der Waals surface area contributed by atoms with Crippen LogP contribution in [-0.4, -0.2) is 48.8 Å². The molecule has 102 valence electrons. The highest BCUT2D eigenvalue weighted by Gasteiger charge is 2.27. The predicted molar refractivity (Wildman–Crippen MR) is 74.7 cm³/mol. The molecule has 4 heteroatoms. The summed E-state index contributed by atoms with van der Waals surface area (Å²) in [6.45, 7) is 3.07. The van der Waals surface area contributed by atoms with E-state index in [1.54, 1.807) is 0 Å². The van der Waals surface area contributed by atoms with Crippen LogP contribution in [0.15, 0.2) is 30.3 Å². The highest BCUT2D eigenvalue weighted by molar-refractivity contribution is 5.21. The van der Waals surface area contributed by atoms with Gasteiger partial charge in [-0.1, -0.05) is 30.3 Å². The zero-order valence-electron chi connectivity index (χ0n) is 11.1. The monoisotopic (exact) mass is 259 g/mol. The van der Waals surface area contributed by atoms with E-state index in [-0.39, 0.29) is 6.61 Å². The van der Waals surface area contributed by atoms with Crippen molar-refractivity contribution >= 4 is 0 Å². The molecule has 0 amide bonds. The summed E-state index contributed by atoms with van der Waals surface area (Å²) >= 11 is 0. The Kier molecular flexibility index (Phi) is 5.34. The molecule has 1 aromatic rings. The lowest BCUT2D eigenvalue weighted by atomic mass is 9.88. The van der Waals surface area contributed by atoms with E-state index >= 15 is 0 Å². The minimum Gasteiger partial charge on any atom is -0.395 e. The molecule has 1 heterocycles. The van der Waals surface area contributed by atoms with Crippen molar-refractivity contribution in [1.82, 2.24) is 10.2 Å². The van der Waals surface area contributed by atoms with E-state index < -0.39 is 0 Å². The summed E-state index contributed by atoms with van der Waals surface area (Å²) in [6.07, 6.45) is 1.06. The lowest BCUT2D eigenvalue weighted by Crippen LogP contribution is -2.49.